The molecular formula is C5H10O5S. The molecule has 0 atom stereocenters. The Bertz CT molecular complexity index is 107. The summed E-state index contributed by atoms with van der Waals surface area (Å²) in [5, 5.41) is 0. The molecule has 0 spiro atoms. The summed E-state index contributed by atoms with van der Waals surface area (Å²) < 4.78 is 13.3. The van der Waals surface area contributed by atoms with Gasteiger partial charge in [-0.2, -0.15) is 9.22 Å². The highest BCUT2D eigenvalue weighted by Crippen LogP contribution is 1.94. The Morgan fingerprint density at radius 3 is 2.82 bits per heavy atom. The average molecular weight is 182 g/mol. The van der Waals surface area contributed by atoms with Gasteiger partial charge in [-0.25, -0.2) is 4.79 Å². The van der Waals surface area contributed by atoms with Crippen molar-refractivity contribution in [2.75, 3.05) is 26.8 Å². The number of methoxy groups -OCH3 is 1. The summed E-state index contributed by atoms with van der Waals surface area (Å²) in [5.41, 5.74) is 0. The van der Waals surface area contributed by atoms with E-state index >= 15 is 0 Å². The van der Waals surface area contributed by atoms with Crippen LogP contribution in [0.5, 0.6) is 0 Å². The minimum absolute atomic E-state index is 0.0874. The van der Waals surface area contributed by atoms with E-state index in [1.54, 1.807) is 6.26 Å². The maximum atomic E-state index is 10.4. The maximum Gasteiger partial charge on any atom is 0.331 e. The van der Waals surface area contributed by atoms with E-state index in [0.29, 0.717) is 0 Å². The number of hydrogen-bond acceptors (Lipinski definition) is 6. The Morgan fingerprint density at radius 1 is 1.55 bits per heavy atom. The Hall–Kier alpha value is -0.300. The SMILES string of the molecule is COC(=O)COCOOSC. The Labute approximate surface area is 69.1 Å². The second kappa shape index (κ2) is 7.80. The van der Waals surface area contributed by atoms with Crippen molar-refractivity contribution < 1.29 is 23.5 Å². The first-order chi connectivity index (χ1) is 5.31. The van der Waals surface area contributed by atoms with Crippen LogP contribution in [-0.2, 0) is 23.5 Å². The van der Waals surface area contributed by atoms with Crippen LogP contribution in [0.15, 0.2) is 0 Å². The normalized spacial score (nSPS) is 9.64. The monoisotopic (exact) mass is 182 g/mol. The fourth-order valence-electron chi connectivity index (χ4n) is 0.286. The molecule has 0 saturated heterocycles. The van der Waals surface area contributed by atoms with Crippen molar-refractivity contribution in [3.05, 3.63) is 0 Å². The molecule has 0 fully saturated rings. The fourth-order valence-corrected chi connectivity index (χ4v) is 0.421. The van der Waals surface area contributed by atoms with Crippen LogP contribution in [-0.4, -0.2) is 32.7 Å². The van der Waals surface area contributed by atoms with Crippen molar-refractivity contribution in [2.24, 2.45) is 0 Å². The Morgan fingerprint density at radius 2 is 2.27 bits per heavy atom. The quantitative estimate of drug-likeness (QED) is 0.148. The van der Waals surface area contributed by atoms with Crippen LogP contribution in [0, 0.1) is 0 Å². The van der Waals surface area contributed by atoms with Gasteiger partial charge in [-0.1, -0.05) is 0 Å². The summed E-state index contributed by atoms with van der Waals surface area (Å²) in [4.78, 5) is 14.8. The largest absolute Gasteiger partial charge is 0.467 e. The van der Waals surface area contributed by atoms with E-state index in [1.165, 1.54) is 7.11 Å². The fraction of sp³-hybridized carbons (Fsp3) is 0.800. The number of carbonyl (C=O) groups is 1. The summed E-state index contributed by atoms with van der Waals surface area (Å²) >= 11 is 1.05. The molecular weight excluding hydrogens is 172 g/mol. The summed E-state index contributed by atoms with van der Waals surface area (Å²) in [7, 11) is 1.28. The number of rotatable bonds is 6. The van der Waals surface area contributed by atoms with Gasteiger partial charge in [-0.3, -0.25) is 0 Å². The van der Waals surface area contributed by atoms with Crippen LogP contribution in [0.2, 0.25) is 0 Å². The molecule has 11 heavy (non-hydrogen) atoms. The number of ether oxygens (including phenoxy) is 2. The third kappa shape index (κ3) is 7.60. The van der Waals surface area contributed by atoms with Crippen LogP contribution < -0.4 is 0 Å². The Balaban J connectivity index is 2.95. The van der Waals surface area contributed by atoms with Crippen LogP contribution in [0.3, 0.4) is 0 Å². The van der Waals surface area contributed by atoms with Crippen molar-refractivity contribution >= 4 is 18.0 Å². The molecule has 66 valence electrons. The predicted molar refractivity (Wildman–Crippen MR) is 38.5 cm³/mol. The topological polar surface area (TPSA) is 54.0 Å². The first-order valence-electron chi connectivity index (χ1n) is 2.78. The lowest BCUT2D eigenvalue weighted by molar-refractivity contribution is -0.254. The van der Waals surface area contributed by atoms with Crippen LogP contribution in [0.1, 0.15) is 0 Å². The van der Waals surface area contributed by atoms with Crippen molar-refractivity contribution in [1.82, 2.24) is 0 Å². The molecule has 0 aromatic carbocycles. The molecule has 0 bridgehead atoms. The first-order valence-corrected chi connectivity index (χ1v) is 3.93. The zero-order valence-corrected chi connectivity index (χ0v) is 7.18. The minimum Gasteiger partial charge on any atom is -0.467 e. The van der Waals surface area contributed by atoms with Crippen molar-refractivity contribution in [2.45, 2.75) is 0 Å². The number of carbonyl (C=O) groups excluding carboxylic acids is 1. The van der Waals surface area contributed by atoms with Gasteiger partial charge in [0.2, 0.25) is 0 Å². The standard InChI is InChI=1S/C5H10O5S/c1-7-5(6)3-8-4-9-10-11-2/h3-4H2,1-2H3. The van der Waals surface area contributed by atoms with Crippen molar-refractivity contribution in [3.8, 4) is 0 Å². The number of esters is 1. The van der Waals surface area contributed by atoms with Gasteiger partial charge in [0.1, 0.15) is 6.61 Å². The average Bonchev–Trinajstić information content (AvgIpc) is 2.04. The Kier molecular flexibility index (Phi) is 7.59. The van der Waals surface area contributed by atoms with E-state index in [-0.39, 0.29) is 13.4 Å². The molecule has 5 nitrogen and oxygen atoms in total. The molecule has 0 saturated carbocycles. The van der Waals surface area contributed by atoms with E-state index in [0.717, 1.165) is 12.0 Å². The lowest BCUT2D eigenvalue weighted by Gasteiger charge is -2.00. The van der Waals surface area contributed by atoms with Crippen molar-refractivity contribution in [1.29, 1.82) is 0 Å². The molecule has 0 heterocycles. The first kappa shape index (κ1) is 10.7. The van der Waals surface area contributed by atoms with Gasteiger partial charge >= 0.3 is 5.97 Å². The third-order valence-electron chi connectivity index (χ3n) is 0.695. The summed E-state index contributed by atoms with van der Waals surface area (Å²) in [6.45, 7) is -0.218. The smallest absolute Gasteiger partial charge is 0.331 e. The second-order valence-electron chi connectivity index (χ2n) is 1.40. The molecule has 0 radical (unpaired) electrons. The zero-order valence-electron chi connectivity index (χ0n) is 6.36. The summed E-state index contributed by atoms with van der Waals surface area (Å²) in [5.74, 6) is -0.447. The van der Waals surface area contributed by atoms with E-state index in [2.05, 4.69) is 18.7 Å². The minimum atomic E-state index is -0.447. The molecule has 0 N–H and O–H groups in total. The van der Waals surface area contributed by atoms with Gasteiger partial charge in [0.25, 0.3) is 0 Å². The molecule has 0 aromatic rings. The molecule has 0 aliphatic carbocycles. The van der Waals surface area contributed by atoms with Gasteiger partial charge in [-0.05, 0) is 0 Å². The van der Waals surface area contributed by atoms with Crippen molar-refractivity contribution in [3.63, 3.8) is 0 Å². The van der Waals surface area contributed by atoms with Crippen LogP contribution in [0.25, 0.3) is 0 Å². The summed E-state index contributed by atoms with van der Waals surface area (Å²) in [6, 6.07) is 0. The van der Waals surface area contributed by atoms with E-state index in [9.17, 15) is 4.79 Å². The third-order valence-corrected chi connectivity index (χ3v) is 0.927. The van der Waals surface area contributed by atoms with E-state index in [4.69, 9.17) is 0 Å². The highest BCUT2D eigenvalue weighted by atomic mass is 32.2. The maximum absolute atomic E-state index is 10.4. The van der Waals surface area contributed by atoms with Gasteiger partial charge in [0, 0.05) is 18.3 Å². The molecule has 0 aromatic heterocycles. The van der Waals surface area contributed by atoms with Gasteiger partial charge < -0.3 is 9.47 Å². The second-order valence-corrected chi connectivity index (χ2v) is 1.86. The van der Waals surface area contributed by atoms with Crippen LogP contribution >= 0.6 is 12.0 Å². The van der Waals surface area contributed by atoms with Gasteiger partial charge in [0.05, 0.1) is 7.11 Å². The number of hydrogen-bond donors (Lipinski definition) is 0. The van der Waals surface area contributed by atoms with Crippen LogP contribution in [0.4, 0.5) is 0 Å². The van der Waals surface area contributed by atoms with Gasteiger partial charge in [0.15, 0.2) is 6.79 Å². The van der Waals surface area contributed by atoms with E-state index in [1.807, 2.05) is 0 Å². The summed E-state index contributed by atoms with van der Waals surface area (Å²) in [6.07, 6.45) is 1.69. The van der Waals surface area contributed by atoms with Gasteiger partial charge in [-0.15, -0.1) is 0 Å². The molecule has 0 rings (SSSR count). The molecule has 0 aliphatic rings. The predicted octanol–water partition coefficient (Wildman–Crippen LogP) is 0.360. The highest BCUT2D eigenvalue weighted by molar-refractivity contribution is 7.93. The molecule has 0 unspecified atom stereocenters. The zero-order chi connectivity index (χ0) is 8.53. The molecule has 0 aliphatic heterocycles. The molecule has 0 amide bonds. The van der Waals surface area contributed by atoms with E-state index < -0.39 is 5.97 Å². The lowest BCUT2D eigenvalue weighted by Crippen LogP contribution is -2.11. The highest BCUT2D eigenvalue weighted by Gasteiger charge is 1.98. The lowest BCUT2D eigenvalue weighted by atomic mass is 10.7. The molecule has 6 heteroatoms.